The van der Waals surface area contributed by atoms with Gasteiger partial charge in [-0.15, -0.1) is 0 Å². The normalized spacial score (nSPS) is 10.2. The highest BCUT2D eigenvalue weighted by Crippen LogP contribution is 2.25. The van der Waals surface area contributed by atoms with Gasteiger partial charge in [-0.25, -0.2) is 0 Å². The number of amides is 2. The SMILES string of the molecule is Cc1ccccc1C(=O)NCCC(=O)Nc1ccc(Cl)cc1Cl. The molecule has 0 bridgehead atoms. The van der Waals surface area contributed by atoms with Gasteiger partial charge in [0.1, 0.15) is 0 Å². The molecule has 120 valence electrons. The summed E-state index contributed by atoms with van der Waals surface area (Å²) in [6.45, 7) is 2.11. The van der Waals surface area contributed by atoms with Crippen LogP contribution in [0.4, 0.5) is 5.69 Å². The minimum Gasteiger partial charge on any atom is -0.352 e. The van der Waals surface area contributed by atoms with E-state index in [2.05, 4.69) is 10.6 Å². The Labute approximate surface area is 144 Å². The zero-order chi connectivity index (χ0) is 16.8. The molecule has 0 spiro atoms. The average Bonchev–Trinajstić information content (AvgIpc) is 2.50. The molecule has 0 unspecified atom stereocenters. The minimum atomic E-state index is -0.237. The highest BCUT2D eigenvalue weighted by Gasteiger charge is 2.10. The second kappa shape index (κ2) is 7.99. The zero-order valence-corrected chi connectivity index (χ0v) is 14.0. The van der Waals surface area contributed by atoms with Crippen molar-refractivity contribution in [1.82, 2.24) is 5.32 Å². The van der Waals surface area contributed by atoms with Gasteiger partial charge >= 0.3 is 0 Å². The van der Waals surface area contributed by atoms with Gasteiger partial charge in [0.2, 0.25) is 5.91 Å². The predicted molar refractivity (Wildman–Crippen MR) is 93.2 cm³/mol. The fourth-order valence-corrected chi connectivity index (χ4v) is 2.47. The summed E-state index contributed by atoms with van der Waals surface area (Å²) in [5.41, 5.74) is 1.99. The first-order valence-corrected chi connectivity index (χ1v) is 7.81. The molecule has 0 aromatic heterocycles. The van der Waals surface area contributed by atoms with E-state index in [1.807, 2.05) is 19.1 Å². The van der Waals surface area contributed by atoms with Crippen molar-refractivity contribution in [3.05, 3.63) is 63.6 Å². The molecule has 4 nitrogen and oxygen atoms in total. The first kappa shape index (κ1) is 17.3. The number of anilines is 1. The van der Waals surface area contributed by atoms with E-state index in [0.717, 1.165) is 5.56 Å². The highest BCUT2D eigenvalue weighted by atomic mass is 35.5. The summed E-state index contributed by atoms with van der Waals surface area (Å²) >= 11 is 11.8. The number of rotatable bonds is 5. The summed E-state index contributed by atoms with van der Waals surface area (Å²) in [5, 5.41) is 6.28. The van der Waals surface area contributed by atoms with Gasteiger partial charge in [-0.1, -0.05) is 41.4 Å². The number of benzene rings is 2. The van der Waals surface area contributed by atoms with Gasteiger partial charge in [-0.2, -0.15) is 0 Å². The maximum atomic E-state index is 12.0. The van der Waals surface area contributed by atoms with Crippen molar-refractivity contribution in [3.8, 4) is 0 Å². The van der Waals surface area contributed by atoms with Crippen LogP contribution < -0.4 is 10.6 Å². The van der Waals surface area contributed by atoms with Gasteiger partial charge in [0.25, 0.3) is 5.91 Å². The number of hydrogen-bond acceptors (Lipinski definition) is 2. The standard InChI is InChI=1S/C17H16Cl2N2O2/c1-11-4-2-3-5-13(11)17(23)20-9-8-16(22)21-15-7-6-12(18)10-14(15)19/h2-7,10H,8-9H2,1H3,(H,20,23)(H,21,22). The van der Waals surface area contributed by atoms with Gasteiger partial charge in [0, 0.05) is 23.6 Å². The Kier molecular flexibility index (Phi) is 6.02. The number of nitrogens with one attached hydrogen (secondary N) is 2. The van der Waals surface area contributed by atoms with Crippen LogP contribution in [0.15, 0.2) is 42.5 Å². The van der Waals surface area contributed by atoms with Crippen molar-refractivity contribution in [3.63, 3.8) is 0 Å². The molecule has 0 aliphatic carbocycles. The minimum absolute atomic E-state index is 0.149. The molecule has 2 N–H and O–H groups in total. The Morgan fingerprint density at radius 2 is 1.83 bits per heavy atom. The summed E-state index contributed by atoms with van der Waals surface area (Å²) in [4.78, 5) is 23.9. The van der Waals surface area contributed by atoms with Crippen LogP contribution in [0.5, 0.6) is 0 Å². The third-order valence-electron chi connectivity index (χ3n) is 3.23. The summed E-state index contributed by atoms with van der Waals surface area (Å²) < 4.78 is 0. The van der Waals surface area contributed by atoms with Crippen molar-refractivity contribution >= 4 is 40.7 Å². The molecular weight excluding hydrogens is 335 g/mol. The predicted octanol–water partition coefficient (Wildman–Crippen LogP) is 4.06. The maximum Gasteiger partial charge on any atom is 0.251 e. The Morgan fingerprint density at radius 3 is 2.52 bits per heavy atom. The van der Waals surface area contributed by atoms with Gasteiger partial charge in [-0.05, 0) is 36.8 Å². The van der Waals surface area contributed by atoms with Gasteiger partial charge in [0.05, 0.1) is 10.7 Å². The molecule has 2 amide bonds. The second-order valence-electron chi connectivity index (χ2n) is 4.99. The van der Waals surface area contributed by atoms with E-state index < -0.39 is 0 Å². The summed E-state index contributed by atoms with van der Waals surface area (Å²) in [6, 6.07) is 12.1. The van der Waals surface area contributed by atoms with Gasteiger partial charge in [0.15, 0.2) is 0 Å². The first-order chi connectivity index (χ1) is 11.0. The lowest BCUT2D eigenvalue weighted by atomic mass is 10.1. The molecule has 0 aliphatic rings. The third kappa shape index (κ3) is 4.98. The van der Waals surface area contributed by atoms with Gasteiger partial charge < -0.3 is 10.6 Å². The molecule has 0 radical (unpaired) electrons. The lowest BCUT2D eigenvalue weighted by Gasteiger charge is -2.09. The molecule has 6 heteroatoms. The van der Waals surface area contributed by atoms with Gasteiger partial charge in [-0.3, -0.25) is 9.59 Å². The molecule has 0 aliphatic heterocycles. The molecule has 0 atom stereocenters. The quantitative estimate of drug-likeness (QED) is 0.854. The van der Waals surface area contributed by atoms with E-state index in [1.165, 1.54) is 0 Å². The van der Waals surface area contributed by atoms with E-state index in [0.29, 0.717) is 21.3 Å². The lowest BCUT2D eigenvalue weighted by Crippen LogP contribution is -2.28. The van der Waals surface area contributed by atoms with E-state index in [1.54, 1.807) is 30.3 Å². The Hall–Kier alpha value is -2.04. The van der Waals surface area contributed by atoms with Crippen LogP contribution >= 0.6 is 23.2 Å². The summed E-state index contributed by atoms with van der Waals surface area (Å²) in [6.07, 6.45) is 0.149. The topological polar surface area (TPSA) is 58.2 Å². The molecule has 23 heavy (non-hydrogen) atoms. The number of carbonyl (C=O) groups is 2. The Morgan fingerprint density at radius 1 is 1.09 bits per heavy atom. The first-order valence-electron chi connectivity index (χ1n) is 7.06. The van der Waals surface area contributed by atoms with Crippen LogP contribution in [0, 0.1) is 6.92 Å². The van der Waals surface area contributed by atoms with E-state index in [9.17, 15) is 9.59 Å². The van der Waals surface area contributed by atoms with Crippen LogP contribution in [0.2, 0.25) is 10.0 Å². The number of hydrogen-bond donors (Lipinski definition) is 2. The maximum absolute atomic E-state index is 12.0. The second-order valence-corrected chi connectivity index (χ2v) is 5.84. The van der Waals surface area contributed by atoms with Crippen LogP contribution in [-0.4, -0.2) is 18.4 Å². The fourth-order valence-electron chi connectivity index (χ4n) is 2.02. The monoisotopic (exact) mass is 350 g/mol. The molecule has 0 fully saturated rings. The van der Waals surface area contributed by atoms with Crippen molar-refractivity contribution < 1.29 is 9.59 Å². The average molecular weight is 351 g/mol. The fraction of sp³-hybridized carbons (Fsp3) is 0.176. The smallest absolute Gasteiger partial charge is 0.251 e. The van der Waals surface area contributed by atoms with Crippen molar-refractivity contribution in [1.29, 1.82) is 0 Å². The number of carbonyl (C=O) groups excluding carboxylic acids is 2. The van der Waals surface area contributed by atoms with Crippen molar-refractivity contribution in [2.45, 2.75) is 13.3 Å². The van der Waals surface area contributed by atoms with Crippen LogP contribution in [0.3, 0.4) is 0 Å². The van der Waals surface area contributed by atoms with Crippen LogP contribution in [-0.2, 0) is 4.79 Å². The molecule has 0 heterocycles. The largest absolute Gasteiger partial charge is 0.352 e. The zero-order valence-electron chi connectivity index (χ0n) is 12.5. The number of halogens is 2. The van der Waals surface area contributed by atoms with Crippen LogP contribution in [0.1, 0.15) is 22.3 Å². The molecule has 0 saturated carbocycles. The van der Waals surface area contributed by atoms with E-state index >= 15 is 0 Å². The third-order valence-corrected chi connectivity index (χ3v) is 3.78. The highest BCUT2D eigenvalue weighted by molar-refractivity contribution is 6.36. The summed E-state index contributed by atoms with van der Waals surface area (Å²) in [5.74, 6) is -0.431. The molecular formula is C17H16Cl2N2O2. The molecule has 0 saturated heterocycles. The van der Waals surface area contributed by atoms with Crippen molar-refractivity contribution in [2.24, 2.45) is 0 Å². The molecule has 2 aromatic rings. The Bertz CT molecular complexity index is 732. The number of aryl methyl sites for hydroxylation is 1. The molecule has 2 rings (SSSR count). The molecule has 2 aromatic carbocycles. The van der Waals surface area contributed by atoms with Crippen molar-refractivity contribution in [2.75, 3.05) is 11.9 Å². The van der Waals surface area contributed by atoms with E-state index in [4.69, 9.17) is 23.2 Å². The van der Waals surface area contributed by atoms with E-state index in [-0.39, 0.29) is 24.8 Å². The summed E-state index contributed by atoms with van der Waals surface area (Å²) in [7, 11) is 0. The lowest BCUT2D eigenvalue weighted by molar-refractivity contribution is -0.116. The van der Waals surface area contributed by atoms with Crippen LogP contribution in [0.25, 0.3) is 0 Å². The Balaban J connectivity index is 1.83.